The molecule has 0 saturated carbocycles. The van der Waals surface area contributed by atoms with Crippen molar-refractivity contribution >= 4 is 22.4 Å². The van der Waals surface area contributed by atoms with Gasteiger partial charge >= 0.3 is 0 Å². The Hall–Kier alpha value is -3.08. The van der Waals surface area contributed by atoms with Crippen LogP contribution in [0.2, 0.25) is 0 Å². The average Bonchev–Trinajstić information content (AvgIpc) is 2.59. The number of amides is 1. The summed E-state index contributed by atoms with van der Waals surface area (Å²) in [6, 6.07) is 12.9. The molecule has 1 aromatic heterocycles. The number of methoxy groups -OCH3 is 1. The van der Waals surface area contributed by atoms with Crippen LogP contribution < -0.4 is 15.6 Å². The van der Waals surface area contributed by atoms with E-state index in [1.807, 2.05) is 38.1 Å². The normalized spacial score (nSPS) is 10.7. The van der Waals surface area contributed by atoms with Crippen LogP contribution in [0.15, 0.2) is 53.5 Å². The van der Waals surface area contributed by atoms with E-state index in [-0.39, 0.29) is 18.0 Å². The predicted octanol–water partition coefficient (Wildman–Crippen LogP) is 3.27. The molecule has 0 aliphatic rings. The lowest BCUT2D eigenvalue weighted by Crippen LogP contribution is -2.27. The Labute approximate surface area is 145 Å². The lowest BCUT2D eigenvalue weighted by molar-refractivity contribution is -0.116. The molecule has 1 heterocycles. The van der Waals surface area contributed by atoms with E-state index < -0.39 is 0 Å². The van der Waals surface area contributed by atoms with Gasteiger partial charge in [0, 0.05) is 17.3 Å². The van der Waals surface area contributed by atoms with Crippen molar-refractivity contribution in [2.24, 2.45) is 0 Å². The van der Waals surface area contributed by atoms with Crippen molar-refractivity contribution in [2.45, 2.75) is 20.4 Å². The molecule has 5 nitrogen and oxygen atoms in total. The number of nitrogens with zero attached hydrogens (tertiary/aromatic N) is 1. The van der Waals surface area contributed by atoms with Gasteiger partial charge in [0.25, 0.3) is 5.56 Å². The van der Waals surface area contributed by atoms with Crippen LogP contribution in [0.5, 0.6) is 5.75 Å². The van der Waals surface area contributed by atoms with Crippen LogP contribution in [-0.4, -0.2) is 17.6 Å². The maximum atomic E-state index is 12.6. The Morgan fingerprint density at radius 1 is 1.12 bits per heavy atom. The highest BCUT2D eigenvalue weighted by Crippen LogP contribution is 2.18. The first-order valence-corrected chi connectivity index (χ1v) is 8.02. The number of carbonyl (C=O) groups is 1. The smallest absolute Gasteiger partial charge is 0.258 e. The van der Waals surface area contributed by atoms with Crippen LogP contribution in [0.4, 0.5) is 5.69 Å². The predicted molar refractivity (Wildman–Crippen MR) is 99.3 cm³/mol. The van der Waals surface area contributed by atoms with Gasteiger partial charge in [0.1, 0.15) is 12.3 Å². The molecule has 0 bridgehead atoms. The zero-order chi connectivity index (χ0) is 18.0. The van der Waals surface area contributed by atoms with Crippen molar-refractivity contribution in [2.75, 3.05) is 12.4 Å². The lowest BCUT2D eigenvalue weighted by atomic mass is 10.1. The van der Waals surface area contributed by atoms with Gasteiger partial charge in [0.05, 0.1) is 7.11 Å². The minimum Gasteiger partial charge on any atom is -0.497 e. The fourth-order valence-corrected chi connectivity index (χ4v) is 2.82. The second-order valence-electron chi connectivity index (χ2n) is 6.07. The van der Waals surface area contributed by atoms with E-state index in [1.165, 1.54) is 4.57 Å². The molecule has 25 heavy (non-hydrogen) atoms. The van der Waals surface area contributed by atoms with Gasteiger partial charge in [-0.1, -0.05) is 17.7 Å². The van der Waals surface area contributed by atoms with Gasteiger partial charge in [-0.15, -0.1) is 0 Å². The molecule has 5 heteroatoms. The molecule has 0 aliphatic carbocycles. The van der Waals surface area contributed by atoms with Gasteiger partial charge < -0.3 is 14.6 Å². The molecule has 2 aromatic carbocycles. The van der Waals surface area contributed by atoms with Crippen LogP contribution in [0.1, 0.15) is 11.1 Å². The molecule has 0 spiro atoms. The molecular formula is C20H20N2O3. The zero-order valence-electron chi connectivity index (χ0n) is 14.5. The second kappa shape index (κ2) is 6.81. The SMILES string of the molecule is COc1ccc2c(=O)n(CC(=O)Nc3ccc(C)cc3C)ccc2c1. The summed E-state index contributed by atoms with van der Waals surface area (Å²) >= 11 is 0. The summed E-state index contributed by atoms with van der Waals surface area (Å²) in [5.74, 6) is 0.458. The first kappa shape index (κ1) is 16.8. The maximum absolute atomic E-state index is 12.6. The topological polar surface area (TPSA) is 60.3 Å². The summed E-state index contributed by atoms with van der Waals surface area (Å²) in [5, 5.41) is 4.21. The number of carbonyl (C=O) groups excluding carboxylic acids is 1. The first-order valence-electron chi connectivity index (χ1n) is 8.02. The van der Waals surface area contributed by atoms with E-state index >= 15 is 0 Å². The van der Waals surface area contributed by atoms with Crippen molar-refractivity contribution in [1.82, 2.24) is 4.57 Å². The Morgan fingerprint density at radius 2 is 1.92 bits per heavy atom. The molecule has 0 fully saturated rings. The van der Waals surface area contributed by atoms with E-state index in [0.29, 0.717) is 11.1 Å². The summed E-state index contributed by atoms with van der Waals surface area (Å²) in [4.78, 5) is 24.9. The summed E-state index contributed by atoms with van der Waals surface area (Å²) in [6.45, 7) is 3.91. The Kier molecular flexibility index (Phi) is 4.57. The average molecular weight is 336 g/mol. The molecular weight excluding hydrogens is 316 g/mol. The van der Waals surface area contributed by atoms with E-state index in [0.717, 1.165) is 22.2 Å². The van der Waals surface area contributed by atoms with Crippen LogP contribution in [0, 0.1) is 13.8 Å². The Balaban J connectivity index is 1.83. The Morgan fingerprint density at radius 3 is 2.64 bits per heavy atom. The monoisotopic (exact) mass is 336 g/mol. The fourth-order valence-electron chi connectivity index (χ4n) is 2.82. The third-order valence-electron chi connectivity index (χ3n) is 4.15. The minimum absolute atomic E-state index is 0.0336. The van der Waals surface area contributed by atoms with Crippen LogP contribution in [0.25, 0.3) is 10.8 Å². The number of anilines is 1. The number of hydrogen-bond acceptors (Lipinski definition) is 3. The number of benzene rings is 2. The van der Waals surface area contributed by atoms with E-state index in [1.54, 1.807) is 31.5 Å². The number of ether oxygens (including phenoxy) is 1. The number of hydrogen-bond donors (Lipinski definition) is 1. The summed E-state index contributed by atoms with van der Waals surface area (Å²) in [5.41, 5.74) is 2.69. The molecule has 1 amide bonds. The van der Waals surface area contributed by atoms with Gasteiger partial charge in [-0.3, -0.25) is 9.59 Å². The van der Waals surface area contributed by atoms with Crippen molar-refractivity contribution in [3.63, 3.8) is 0 Å². The molecule has 0 unspecified atom stereocenters. The zero-order valence-corrected chi connectivity index (χ0v) is 14.5. The number of pyridine rings is 1. The third kappa shape index (κ3) is 3.55. The van der Waals surface area contributed by atoms with Gasteiger partial charge in [0.2, 0.25) is 5.91 Å². The van der Waals surface area contributed by atoms with Crippen LogP contribution >= 0.6 is 0 Å². The highest BCUT2D eigenvalue weighted by Gasteiger charge is 2.09. The van der Waals surface area contributed by atoms with Crippen LogP contribution in [0.3, 0.4) is 0 Å². The van der Waals surface area contributed by atoms with E-state index in [4.69, 9.17) is 4.74 Å². The molecule has 0 atom stereocenters. The minimum atomic E-state index is -0.234. The molecule has 0 radical (unpaired) electrons. The number of rotatable bonds is 4. The van der Waals surface area contributed by atoms with Gasteiger partial charge in [-0.25, -0.2) is 0 Å². The third-order valence-corrected chi connectivity index (χ3v) is 4.15. The highest BCUT2D eigenvalue weighted by molar-refractivity contribution is 5.91. The highest BCUT2D eigenvalue weighted by atomic mass is 16.5. The molecule has 0 saturated heterocycles. The van der Waals surface area contributed by atoms with Crippen LogP contribution in [-0.2, 0) is 11.3 Å². The second-order valence-corrected chi connectivity index (χ2v) is 6.07. The first-order chi connectivity index (χ1) is 12.0. The molecule has 1 N–H and O–H groups in total. The quantitative estimate of drug-likeness (QED) is 0.795. The Bertz CT molecular complexity index is 1010. The van der Waals surface area contributed by atoms with E-state index in [2.05, 4.69) is 5.32 Å². The molecule has 0 aliphatic heterocycles. The summed E-state index contributed by atoms with van der Waals surface area (Å²) < 4.78 is 6.58. The summed E-state index contributed by atoms with van der Waals surface area (Å²) in [6.07, 6.45) is 1.63. The van der Waals surface area contributed by atoms with Gasteiger partial charge in [-0.2, -0.15) is 0 Å². The van der Waals surface area contributed by atoms with Crippen molar-refractivity contribution in [1.29, 1.82) is 0 Å². The summed E-state index contributed by atoms with van der Waals surface area (Å²) in [7, 11) is 1.58. The largest absolute Gasteiger partial charge is 0.497 e. The van der Waals surface area contributed by atoms with E-state index in [9.17, 15) is 9.59 Å². The lowest BCUT2D eigenvalue weighted by Gasteiger charge is -2.11. The number of nitrogens with one attached hydrogen (secondary N) is 1. The van der Waals surface area contributed by atoms with Crippen molar-refractivity contribution in [3.05, 3.63) is 70.1 Å². The molecule has 128 valence electrons. The molecule has 3 rings (SSSR count). The van der Waals surface area contributed by atoms with Crippen molar-refractivity contribution in [3.8, 4) is 5.75 Å². The fraction of sp³-hybridized carbons (Fsp3) is 0.200. The number of aromatic nitrogens is 1. The number of aryl methyl sites for hydroxylation is 2. The maximum Gasteiger partial charge on any atom is 0.258 e. The van der Waals surface area contributed by atoms with Gasteiger partial charge in [-0.05, 0) is 55.1 Å². The standard InChI is InChI=1S/C20H20N2O3/c1-13-4-7-18(14(2)10-13)21-19(23)12-22-9-8-15-11-16(25-3)5-6-17(15)20(22)24/h4-11H,12H2,1-3H3,(H,21,23). The van der Waals surface area contributed by atoms with Crippen molar-refractivity contribution < 1.29 is 9.53 Å². The number of fused-ring (bicyclic) bond motifs is 1. The molecule has 3 aromatic rings. The van der Waals surface area contributed by atoms with Gasteiger partial charge in [0.15, 0.2) is 0 Å².